The van der Waals surface area contributed by atoms with Gasteiger partial charge in [0.25, 0.3) is 0 Å². The molecular weight excluding hydrogens is 382 g/mol. The number of aromatic nitrogens is 4. The number of hydrogen-bond donors (Lipinski definition) is 1. The van der Waals surface area contributed by atoms with Crippen molar-refractivity contribution in [2.45, 2.75) is 47.2 Å². The van der Waals surface area contributed by atoms with Crippen molar-refractivity contribution < 1.29 is 4.79 Å². The Labute approximate surface area is 149 Å². The third-order valence-electron chi connectivity index (χ3n) is 3.75. The number of nitrogens with zero attached hydrogens (tertiary/aromatic N) is 4. The second-order valence-corrected chi connectivity index (χ2v) is 6.72. The Balaban J connectivity index is 1.79. The van der Waals surface area contributed by atoms with Gasteiger partial charge in [-0.05, 0) is 50.0 Å². The van der Waals surface area contributed by atoms with Crippen LogP contribution in [0.25, 0.3) is 0 Å². The fraction of sp³-hybridized carbons (Fsp3) is 0.533. The van der Waals surface area contributed by atoms with Crippen LogP contribution in [0, 0.1) is 27.7 Å². The maximum Gasteiger partial charge on any atom is 0.241 e. The van der Waals surface area contributed by atoms with Crippen molar-refractivity contribution in [3.05, 3.63) is 32.3 Å². The molecule has 6 nitrogen and oxygen atoms in total. The van der Waals surface area contributed by atoms with Crippen LogP contribution in [0.4, 0.5) is 0 Å². The number of halogens is 2. The number of nitrogens with one attached hydrogen (secondary N) is 1. The van der Waals surface area contributed by atoms with Gasteiger partial charge in [0.2, 0.25) is 5.91 Å². The standard InChI is InChI=1S/C15H21BrClN5O/c1-9-14(16)11(3)21(19-9)7-5-6-18-13(23)8-22-12(4)15(17)10(2)20-22/h5-8H2,1-4H3,(H,18,23). The first-order chi connectivity index (χ1) is 10.8. The lowest BCUT2D eigenvalue weighted by Crippen LogP contribution is -2.29. The van der Waals surface area contributed by atoms with E-state index in [9.17, 15) is 4.79 Å². The van der Waals surface area contributed by atoms with Crippen molar-refractivity contribution in [3.63, 3.8) is 0 Å². The van der Waals surface area contributed by atoms with Crippen LogP contribution in [0.3, 0.4) is 0 Å². The first-order valence-corrected chi connectivity index (χ1v) is 8.64. The Morgan fingerprint density at radius 3 is 2.30 bits per heavy atom. The Morgan fingerprint density at radius 2 is 1.78 bits per heavy atom. The summed E-state index contributed by atoms with van der Waals surface area (Å²) in [6.45, 7) is 9.23. The number of aryl methyl sites for hydroxylation is 3. The molecule has 23 heavy (non-hydrogen) atoms. The van der Waals surface area contributed by atoms with Crippen LogP contribution in [0.15, 0.2) is 4.47 Å². The summed E-state index contributed by atoms with van der Waals surface area (Å²) >= 11 is 9.59. The molecule has 2 aromatic heterocycles. The monoisotopic (exact) mass is 401 g/mol. The van der Waals surface area contributed by atoms with Crippen LogP contribution in [-0.2, 0) is 17.9 Å². The lowest BCUT2D eigenvalue weighted by atomic mass is 10.3. The largest absolute Gasteiger partial charge is 0.354 e. The molecule has 0 atom stereocenters. The average molecular weight is 403 g/mol. The zero-order valence-electron chi connectivity index (χ0n) is 13.8. The summed E-state index contributed by atoms with van der Waals surface area (Å²) in [6, 6.07) is 0. The molecule has 126 valence electrons. The van der Waals surface area contributed by atoms with Crippen LogP contribution in [-0.4, -0.2) is 32.0 Å². The summed E-state index contributed by atoms with van der Waals surface area (Å²) in [6.07, 6.45) is 0.817. The molecule has 0 unspecified atom stereocenters. The molecule has 0 aliphatic carbocycles. The summed E-state index contributed by atoms with van der Waals surface area (Å²) in [5.74, 6) is -0.0678. The molecule has 2 heterocycles. The van der Waals surface area contributed by atoms with Crippen LogP contribution >= 0.6 is 27.5 Å². The summed E-state index contributed by atoms with van der Waals surface area (Å²) in [5.41, 5.74) is 3.64. The van der Waals surface area contributed by atoms with Crippen molar-refractivity contribution >= 4 is 33.4 Å². The molecule has 0 radical (unpaired) electrons. The highest BCUT2D eigenvalue weighted by molar-refractivity contribution is 9.10. The molecule has 0 aliphatic heterocycles. The van der Waals surface area contributed by atoms with Crippen molar-refractivity contribution in [2.24, 2.45) is 0 Å². The van der Waals surface area contributed by atoms with Gasteiger partial charge < -0.3 is 5.32 Å². The fourth-order valence-electron chi connectivity index (χ4n) is 2.37. The highest BCUT2D eigenvalue weighted by Gasteiger charge is 2.12. The quantitative estimate of drug-likeness (QED) is 0.756. The van der Waals surface area contributed by atoms with E-state index < -0.39 is 0 Å². The molecule has 0 spiro atoms. The van der Waals surface area contributed by atoms with Crippen molar-refractivity contribution in [2.75, 3.05) is 6.54 Å². The second-order valence-electron chi connectivity index (χ2n) is 5.55. The third-order valence-corrected chi connectivity index (χ3v) is 5.44. The van der Waals surface area contributed by atoms with Crippen LogP contribution in [0.2, 0.25) is 5.02 Å². The van der Waals surface area contributed by atoms with Crippen molar-refractivity contribution in [1.29, 1.82) is 0 Å². The highest BCUT2D eigenvalue weighted by Crippen LogP contribution is 2.20. The smallest absolute Gasteiger partial charge is 0.241 e. The summed E-state index contributed by atoms with van der Waals surface area (Å²) in [5, 5.41) is 12.2. The second kappa shape index (κ2) is 7.49. The van der Waals surface area contributed by atoms with E-state index >= 15 is 0 Å². The first kappa shape index (κ1) is 18.0. The Bertz CT molecular complexity index is 722. The van der Waals surface area contributed by atoms with Crippen LogP contribution < -0.4 is 5.32 Å². The Hall–Kier alpha value is -1.34. The lowest BCUT2D eigenvalue weighted by molar-refractivity contribution is -0.121. The minimum atomic E-state index is -0.0678. The van der Waals surface area contributed by atoms with E-state index in [-0.39, 0.29) is 12.5 Å². The Kier molecular flexibility index (Phi) is 5.86. The van der Waals surface area contributed by atoms with E-state index in [0.29, 0.717) is 11.6 Å². The molecule has 2 rings (SSSR count). The minimum absolute atomic E-state index is 0.0678. The third kappa shape index (κ3) is 4.14. The maximum atomic E-state index is 12.0. The summed E-state index contributed by atoms with van der Waals surface area (Å²) < 4.78 is 4.63. The number of carbonyl (C=O) groups excluding carboxylic acids is 1. The molecule has 1 amide bonds. The van der Waals surface area contributed by atoms with E-state index in [4.69, 9.17) is 11.6 Å². The molecule has 0 fully saturated rings. The van der Waals surface area contributed by atoms with E-state index in [0.717, 1.165) is 40.2 Å². The van der Waals surface area contributed by atoms with Crippen molar-refractivity contribution in [3.8, 4) is 0 Å². The van der Waals surface area contributed by atoms with E-state index in [1.54, 1.807) is 4.68 Å². The molecule has 0 aliphatic rings. The molecule has 1 N–H and O–H groups in total. The van der Waals surface area contributed by atoms with Gasteiger partial charge in [0, 0.05) is 18.8 Å². The van der Waals surface area contributed by atoms with Gasteiger partial charge in [-0.25, -0.2) is 0 Å². The number of hydrogen-bond acceptors (Lipinski definition) is 3. The van der Waals surface area contributed by atoms with Gasteiger partial charge in [-0.15, -0.1) is 0 Å². The lowest BCUT2D eigenvalue weighted by Gasteiger charge is -2.08. The minimum Gasteiger partial charge on any atom is -0.354 e. The zero-order valence-corrected chi connectivity index (χ0v) is 16.1. The molecule has 8 heteroatoms. The topological polar surface area (TPSA) is 64.7 Å². The summed E-state index contributed by atoms with van der Waals surface area (Å²) in [4.78, 5) is 12.0. The highest BCUT2D eigenvalue weighted by atomic mass is 79.9. The predicted molar refractivity (Wildman–Crippen MR) is 93.7 cm³/mol. The molecule has 0 aromatic carbocycles. The first-order valence-electron chi connectivity index (χ1n) is 7.47. The average Bonchev–Trinajstić information content (AvgIpc) is 2.89. The van der Waals surface area contributed by atoms with E-state index in [2.05, 4.69) is 31.4 Å². The maximum absolute atomic E-state index is 12.0. The van der Waals surface area contributed by atoms with Crippen LogP contribution in [0.5, 0.6) is 0 Å². The zero-order chi connectivity index (χ0) is 17.1. The van der Waals surface area contributed by atoms with E-state index in [1.165, 1.54) is 0 Å². The molecule has 2 aromatic rings. The Morgan fingerprint density at radius 1 is 1.13 bits per heavy atom. The summed E-state index contributed by atoms with van der Waals surface area (Å²) in [7, 11) is 0. The molecule has 0 bridgehead atoms. The van der Waals surface area contributed by atoms with Gasteiger partial charge in [0.1, 0.15) is 6.54 Å². The molecule has 0 saturated heterocycles. The number of rotatable bonds is 6. The number of amides is 1. The van der Waals surface area contributed by atoms with E-state index in [1.807, 2.05) is 32.4 Å². The van der Waals surface area contributed by atoms with Crippen LogP contribution in [0.1, 0.15) is 29.2 Å². The van der Waals surface area contributed by atoms with Gasteiger partial charge in [-0.2, -0.15) is 10.2 Å². The van der Waals surface area contributed by atoms with Gasteiger partial charge in [0.15, 0.2) is 0 Å². The van der Waals surface area contributed by atoms with Crippen molar-refractivity contribution in [1.82, 2.24) is 24.9 Å². The SMILES string of the molecule is Cc1nn(CC(=O)NCCCn2nc(C)c(Br)c2C)c(C)c1Cl. The molecule has 0 saturated carbocycles. The molecular formula is C15H21BrClN5O. The predicted octanol–water partition coefficient (Wildman–Crippen LogP) is 2.94. The van der Waals surface area contributed by atoms with Gasteiger partial charge >= 0.3 is 0 Å². The fourth-order valence-corrected chi connectivity index (χ4v) is 2.79. The van der Waals surface area contributed by atoms with Gasteiger partial charge in [-0.1, -0.05) is 11.6 Å². The number of carbonyl (C=O) groups is 1. The normalized spacial score (nSPS) is 11.0. The van der Waals surface area contributed by atoms with Gasteiger partial charge in [0.05, 0.1) is 26.6 Å². The van der Waals surface area contributed by atoms with Gasteiger partial charge in [-0.3, -0.25) is 14.2 Å².